The Hall–Kier alpha value is -3.18. The standard InChI is InChI=1S/C34H42F3N7OS2/c1-5-31-41-32(29-15-27(16-34(35,36)37)46-33(29)42-31)40-25-8-11-43(12-9-25)20-24-6-7-30-28(22(24)3)14-26(17-38)44(30)19-21(2)23-10-13-47(4,45)39-18-23/h6-7,14-15,21,23,25H,4-5,8-13,16,18-20H2,1-3H3,(H,39,45)(H,40,41,42)/t21-,23?,47?/m0/s1. The van der Waals surface area contributed by atoms with Crippen molar-refractivity contribution in [1.82, 2.24) is 24.2 Å². The number of nitriles is 1. The van der Waals surface area contributed by atoms with E-state index in [1.165, 1.54) is 11.1 Å². The van der Waals surface area contributed by atoms with Crippen LogP contribution in [0.2, 0.25) is 0 Å². The van der Waals surface area contributed by atoms with Crippen molar-refractivity contribution in [3.8, 4) is 6.07 Å². The molecule has 2 aliphatic rings. The smallest absolute Gasteiger partial charge is 0.367 e. The first kappa shape index (κ1) is 33.7. The summed E-state index contributed by atoms with van der Waals surface area (Å²) in [6.07, 6.45) is -1.97. The highest BCUT2D eigenvalue weighted by atomic mass is 32.2. The van der Waals surface area contributed by atoms with Gasteiger partial charge in [-0.2, -0.15) is 18.4 Å². The SMILES string of the molecule is C=S1(=O)CCC([C@@H](C)Cn2c(C#N)cc3c(C)c(CN4CCC(Nc5nc(CC)nc6sc(CC(F)(F)F)cc56)CC4)ccc32)CN1. The van der Waals surface area contributed by atoms with Crippen molar-refractivity contribution in [2.24, 2.45) is 11.8 Å². The fourth-order valence-electron chi connectivity index (χ4n) is 6.92. The van der Waals surface area contributed by atoms with Crippen LogP contribution in [0.25, 0.3) is 21.1 Å². The maximum Gasteiger partial charge on any atom is 0.393 e. The van der Waals surface area contributed by atoms with E-state index in [-0.39, 0.29) is 10.9 Å². The van der Waals surface area contributed by atoms with Crippen molar-refractivity contribution >= 4 is 53.9 Å². The van der Waals surface area contributed by atoms with Crippen LogP contribution in [0.4, 0.5) is 19.0 Å². The summed E-state index contributed by atoms with van der Waals surface area (Å²) in [6, 6.07) is 10.5. The third kappa shape index (κ3) is 7.61. The number of rotatable bonds is 9. The predicted molar refractivity (Wildman–Crippen MR) is 185 cm³/mol. The van der Waals surface area contributed by atoms with Gasteiger partial charge in [0.1, 0.15) is 28.2 Å². The molecule has 3 aromatic heterocycles. The summed E-state index contributed by atoms with van der Waals surface area (Å²) in [6.45, 7) is 10.3. The Morgan fingerprint density at radius 3 is 2.64 bits per heavy atom. The lowest BCUT2D eigenvalue weighted by molar-refractivity contribution is -0.126. The molecule has 2 fully saturated rings. The maximum atomic E-state index is 13.1. The van der Waals surface area contributed by atoms with Crippen LogP contribution in [0.3, 0.4) is 0 Å². The highest BCUT2D eigenvalue weighted by Gasteiger charge is 2.30. The Kier molecular flexibility index (Phi) is 9.60. The fraction of sp³-hybridized carbons (Fsp3) is 0.529. The molecule has 2 saturated heterocycles. The van der Waals surface area contributed by atoms with E-state index in [2.05, 4.69) is 67.4 Å². The molecule has 252 valence electrons. The average Bonchev–Trinajstić information content (AvgIpc) is 3.59. The minimum absolute atomic E-state index is 0.164. The van der Waals surface area contributed by atoms with Gasteiger partial charge in [0.05, 0.1) is 11.8 Å². The van der Waals surface area contributed by atoms with Crippen LogP contribution in [-0.4, -0.2) is 67.1 Å². The van der Waals surface area contributed by atoms with Gasteiger partial charge in [-0.1, -0.05) is 19.9 Å². The van der Waals surface area contributed by atoms with E-state index in [0.29, 0.717) is 58.1 Å². The van der Waals surface area contributed by atoms with Crippen LogP contribution in [-0.2, 0) is 35.6 Å². The van der Waals surface area contributed by atoms with Crippen molar-refractivity contribution in [2.75, 3.05) is 30.7 Å². The fourth-order valence-corrected chi connectivity index (χ4v) is 9.34. The van der Waals surface area contributed by atoms with Gasteiger partial charge in [0, 0.05) is 76.4 Å². The van der Waals surface area contributed by atoms with Gasteiger partial charge < -0.3 is 9.88 Å². The second-order valence-corrected chi connectivity index (χ2v) is 16.6. The number of anilines is 1. The Bertz CT molecular complexity index is 1900. The number of hydrogen-bond donors (Lipinski definition) is 2. The number of fused-ring (bicyclic) bond motifs is 2. The summed E-state index contributed by atoms with van der Waals surface area (Å²) in [5.41, 5.74) is 4.15. The Morgan fingerprint density at radius 1 is 1.21 bits per heavy atom. The molecule has 0 bridgehead atoms. The molecule has 4 aromatic rings. The maximum absolute atomic E-state index is 13.1. The summed E-state index contributed by atoms with van der Waals surface area (Å²) >= 11 is 1.09. The molecule has 8 nitrogen and oxygen atoms in total. The second kappa shape index (κ2) is 13.4. The lowest BCUT2D eigenvalue weighted by atomic mass is 9.91. The molecule has 5 heterocycles. The zero-order valence-corrected chi connectivity index (χ0v) is 28.8. The molecule has 0 aliphatic carbocycles. The number of nitrogens with one attached hydrogen (secondary N) is 2. The molecule has 2 unspecified atom stereocenters. The molecule has 47 heavy (non-hydrogen) atoms. The van der Waals surface area contributed by atoms with Crippen LogP contribution in [0.5, 0.6) is 0 Å². The number of alkyl halides is 3. The molecule has 2 aliphatic heterocycles. The van der Waals surface area contributed by atoms with Crippen LogP contribution in [0.1, 0.15) is 60.6 Å². The van der Waals surface area contributed by atoms with E-state index in [9.17, 15) is 22.6 Å². The number of aromatic nitrogens is 3. The minimum Gasteiger partial charge on any atom is -0.367 e. The van der Waals surface area contributed by atoms with Gasteiger partial charge in [-0.15, -0.1) is 11.3 Å². The van der Waals surface area contributed by atoms with Gasteiger partial charge in [-0.25, -0.2) is 14.7 Å². The molecule has 13 heteroatoms. The van der Waals surface area contributed by atoms with Gasteiger partial charge in [0.2, 0.25) is 0 Å². The number of thiophene rings is 1. The first-order valence-corrected chi connectivity index (χ1v) is 19.0. The molecule has 0 spiro atoms. The number of aryl methyl sites for hydroxylation is 2. The van der Waals surface area contributed by atoms with Crippen LogP contribution in [0, 0.1) is 30.1 Å². The number of piperidine rings is 1. The number of halogens is 3. The first-order chi connectivity index (χ1) is 22.3. The molecule has 3 atom stereocenters. The number of likely N-dealkylation sites (tertiary alicyclic amines) is 1. The summed E-state index contributed by atoms with van der Waals surface area (Å²) in [4.78, 5) is 12.4. The zero-order chi connectivity index (χ0) is 33.5. The predicted octanol–water partition coefficient (Wildman–Crippen LogP) is 6.45. The lowest BCUT2D eigenvalue weighted by Crippen LogP contribution is -2.40. The Morgan fingerprint density at radius 2 is 1.98 bits per heavy atom. The summed E-state index contributed by atoms with van der Waals surface area (Å²) in [5, 5.41) is 15.3. The van der Waals surface area contributed by atoms with Crippen molar-refractivity contribution < 1.29 is 17.4 Å². The minimum atomic E-state index is -4.26. The first-order valence-electron chi connectivity index (χ1n) is 16.3. The molecule has 0 saturated carbocycles. The molecular formula is C34H42F3N7OS2. The third-order valence-electron chi connectivity index (χ3n) is 9.79. The van der Waals surface area contributed by atoms with Gasteiger partial charge in [0.15, 0.2) is 0 Å². The topological polar surface area (TPSA) is 98.9 Å². The van der Waals surface area contributed by atoms with Crippen LogP contribution < -0.4 is 10.0 Å². The van der Waals surface area contributed by atoms with Crippen LogP contribution in [0.15, 0.2) is 24.3 Å². The van der Waals surface area contributed by atoms with Crippen molar-refractivity contribution in [3.63, 3.8) is 0 Å². The Labute approximate surface area is 278 Å². The van der Waals surface area contributed by atoms with E-state index < -0.39 is 22.3 Å². The molecular weight excluding hydrogens is 644 g/mol. The summed E-state index contributed by atoms with van der Waals surface area (Å²) in [5.74, 6) is 6.33. The zero-order valence-electron chi connectivity index (χ0n) is 27.1. The van der Waals surface area contributed by atoms with Crippen molar-refractivity contribution in [1.29, 1.82) is 5.26 Å². The summed E-state index contributed by atoms with van der Waals surface area (Å²) in [7, 11) is -2.17. The van der Waals surface area contributed by atoms with Crippen molar-refractivity contribution in [2.45, 2.75) is 78.2 Å². The number of hydrogen-bond acceptors (Lipinski definition) is 7. The second-order valence-electron chi connectivity index (χ2n) is 13.2. The number of benzene rings is 1. The van der Waals surface area contributed by atoms with E-state index >= 15 is 0 Å². The molecule has 0 radical (unpaired) electrons. The average molecular weight is 686 g/mol. The van der Waals surface area contributed by atoms with E-state index in [4.69, 9.17) is 0 Å². The largest absolute Gasteiger partial charge is 0.393 e. The third-order valence-corrected chi connectivity index (χ3v) is 12.4. The molecule has 0 amide bonds. The van der Waals surface area contributed by atoms with Gasteiger partial charge in [0.25, 0.3) is 0 Å². The highest BCUT2D eigenvalue weighted by molar-refractivity contribution is 7.98. The monoisotopic (exact) mass is 685 g/mol. The summed E-state index contributed by atoms with van der Waals surface area (Å²) < 4.78 is 56.7. The highest BCUT2D eigenvalue weighted by Crippen LogP contribution is 2.34. The normalized spacial score (nSPS) is 22.1. The van der Waals surface area contributed by atoms with Crippen molar-refractivity contribution in [3.05, 3.63) is 51.8 Å². The van der Waals surface area contributed by atoms with E-state index in [1.807, 2.05) is 13.0 Å². The van der Waals surface area contributed by atoms with Gasteiger partial charge in [-0.3, -0.25) is 9.11 Å². The van der Waals surface area contributed by atoms with Crippen LogP contribution >= 0.6 is 11.3 Å². The van der Waals surface area contributed by atoms with Gasteiger partial charge >= 0.3 is 6.18 Å². The molecule has 6 rings (SSSR count). The van der Waals surface area contributed by atoms with E-state index in [1.54, 1.807) is 6.07 Å². The quantitative estimate of drug-likeness (QED) is 0.197. The lowest BCUT2D eigenvalue weighted by Gasteiger charge is -2.33. The molecule has 2 N–H and O–H groups in total. The number of nitrogens with zero attached hydrogens (tertiary/aromatic N) is 5. The molecule has 1 aromatic carbocycles. The van der Waals surface area contributed by atoms with Gasteiger partial charge in [-0.05, 0) is 73.2 Å². The van der Waals surface area contributed by atoms with E-state index in [0.717, 1.165) is 67.7 Å². The Balaban J connectivity index is 1.11.